The van der Waals surface area contributed by atoms with Gasteiger partial charge in [0.05, 0.1) is 12.6 Å². The third-order valence-electron chi connectivity index (χ3n) is 2.52. The number of hydrogen-bond donors (Lipinski definition) is 0. The van der Waals surface area contributed by atoms with E-state index in [4.69, 9.17) is 16.3 Å². The van der Waals surface area contributed by atoms with Crippen LogP contribution in [0.5, 0.6) is 5.75 Å². The van der Waals surface area contributed by atoms with Crippen LogP contribution in [-0.2, 0) is 0 Å². The molecule has 0 aliphatic rings. The van der Waals surface area contributed by atoms with Crippen molar-refractivity contribution in [3.63, 3.8) is 0 Å². The third-order valence-corrected chi connectivity index (χ3v) is 2.70. The molecule has 3 nitrogen and oxygen atoms in total. The van der Waals surface area contributed by atoms with Gasteiger partial charge in [0.15, 0.2) is 0 Å². The van der Waals surface area contributed by atoms with Crippen LogP contribution < -0.4 is 4.74 Å². The Hall–Kier alpha value is -1.35. The number of fused-ring (bicyclic) bond motifs is 1. The maximum absolute atomic E-state index is 5.83. The molecule has 0 saturated carbocycles. The van der Waals surface area contributed by atoms with Gasteiger partial charge in [-0.05, 0) is 29.7 Å². The van der Waals surface area contributed by atoms with E-state index in [0.29, 0.717) is 5.92 Å². The summed E-state index contributed by atoms with van der Waals surface area (Å²) >= 11 is 5.83. The molecule has 0 N–H and O–H groups in total. The van der Waals surface area contributed by atoms with Crippen LogP contribution in [0, 0.1) is 0 Å². The summed E-state index contributed by atoms with van der Waals surface area (Å²) < 4.78 is 5.35. The average Bonchev–Trinajstić information content (AvgIpc) is 2.26. The molecule has 1 aromatic heterocycles. The van der Waals surface area contributed by atoms with Crippen molar-refractivity contribution in [2.24, 2.45) is 0 Å². The molecule has 0 spiro atoms. The Balaban J connectivity index is 2.81. The molecule has 0 radical (unpaired) electrons. The van der Waals surface area contributed by atoms with Gasteiger partial charge in [-0.2, -0.15) is 0 Å². The highest BCUT2D eigenvalue weighted by atomic mass is 35.5. The molecule has 84 valence electrons. The average molecular weight is 237 g/mol. The van der Waals surface area contributed by atoms with Gasteiger partial charge in [0, 0.05) is 17.1 Å². The molecule has 1 heterocycles. The van der Waals surface area contributed by atoms with Gasteiger partial charge in [-0.25, -0.2) is 9.97 Å². The molecule has 1 aromatic carbocycles. The van der Waals surface area contributed by atoms with Crippen LogP contribution in [0.1, 0.15) is 25.3 Å². The topological polar surface area (TPSA) is 35.0 Å². The van der Waals surface area contributed by atoms with E-state index >= 15 is 0 Å². The van der Waals surface area contributed by atoms with E-state index in [1.165, 1.54) is 0 Å². The highest BCUT2D eigenvalue weighted by molar-refractivity contribution is 6.28. The van der Waals surface area contributed by atoms with Crippen LogP contribution >= 0.6 is 11.6 Å². The first-order valence-electron chi connectivity index (χ1n) is 5.12. The number of nitrogens with zero attached hydrogens (tertiary/aromatic N) is 2. The molecule has 2 rings (SSSR count). The molecule has 0 unspecified atom stereocenters. The van der Waals surface area contributed by atoms with Gasteiger partial charge in [0.2, 0.25) is 5.28 Å². The van der Waals surface area contributed by atoms with Gasteiger partial charge in [0.25, 0.3) is 0 Å². The second-order valence-corrected chi connectivity index (χ2v) is 4.25. The Labute approximate surface area is 99.4 Å². The maximum Gasteiger partial charge on any atom is 0.222 e. The largest absolute Gasteiger partial charge is 0.496 e. The van der Waals surface area contributed by atoms with Crippen molar-refractivity contribution in [1.29, 1.82) is 0 Å². The zero-order valence-electron chi connectivity index (χ0n) is 9.49. The molecule has 0 aliphatic carbocycles. The van der Waals surface area contributed by atoms with Crippen LogP contribution in [0.25, 0.3) is 10.9 Å². The molecule has 0 atom stereocenters. The summed E-state index contributed by atoms with van der Waals surface area (Å²) in [6.45, 7) is 4.21. The smallest absolute Gasteiger partial charge is 0.222 e. The van der Waals surface area contributed by atoms with Crippen molar-refractivity contribution < 1.29 is 4.74 Å². The number of rotatable bonds is 2. The highest BCUT2D eigenvalue weighted by Gasteiger charge is 2.13. The highest BCUT2D eigenvalue weighted by Crippen LogP contribution is 2.32. The minimum Gasteiger partial charge on any atom is -0.496 e. The summed E-state index contributed by atoms with van der Waals surface area (Å²) in [5.74, 6) is 1.17. The number of methoxy groups -OCH3 is 1. The second-order valence-electron chi connectivity index (χ2n) is 3.91. The first-order valence-corrected chi connectivity index (χ1v) is 5.50. The molecular formula is C12H13ClN2O. The SMILES string of the molecule is COc1ccc2cnc(Cl)nc2c1C(C)C. The normalized spacial score (nSPS) is 11.1. The third kappa shape index (κ3) is 1.83. The standard InChI is InChI=1S/C12H13ClN2O/c1-7(2)10-9(16-3)5-4-8-6-14-12(13)15-11(8)10/h4-7H,1-3H3. The predicted molar refractivity (Wildman–Crippen MR) is 65.2 cm³/mol. The zero-order chi connectivity index (χ0) is 11.7. The monoisotopic (exact) mass is 236 g/mol. The summed E-state index contributed by atoms with van der Waals surface area (Å²) in [6, 6.07) is 3.88. The molecule has 4 heteroatoms. The first-order chi connectivity index (χ1) is 7.63. The van der Waals surface area contributed by atoms with Crippen molar-refractivity contribution in [2.45, 2.75) is 19.8 Å². The number of aromatic nitrogens is 2. The van der Waals surface area contributed by atoms with E-state index in [2.05, 4.69) is 23.8 Å². The maximum atomic E-state index is 5.83. The lowest BCUT2D eigenvalue weighted by Crippen LogP contribution is -1.98. The van der Waals surface area contributed by atoms with Crippen LogP contribution in [0.4, 0.5) is 0 Å². The molecule has 0 aliphatic heterocycles. The van der Waals surface area contributed by atoms with E-state index in [9.17, 15) is 0 Å². The fourth-order valence-electron chi connectivity index (χ4n) is 1.82. The van der Waals surface area contributed by atoms with Crippen molar-refractivity contribution >= 4 is 22.5 Å². The van der Waals surface area contributed by atoms with Crippen molar-refractivity contribution in [1.82, 2.24) is 9.97 Å². The van der Waals surface area contributed by atoms with Gasteiger partial charge >= 0.3 is 0 Å². The van der Waals surface area contributed by atoms with Crippen molar-refractivity contribution in [3.05, 3.63) is 29.2 Å². The second kappa shape index (κ2) is 4.26. The van der Waals surface area contributed by atoms with E-state index < -0.39 is 0 Å². The van der Waals surface area contributed by atoms with E-state index in [1.54, 1.807) is 13.3 Å². The van der Waals surface area contributed by atoms with Crippen LogP contribution in [0.3, 0.4) is 0 Å². The Morgan fingerprint density at radius 2 is 2.06 bits per heavy atom. The quantitative estimate of drug-likeness (QED) is 0.750. The fraction of sp³-hybridized carbons (Fsp3) is 0.333. The number of hydrogen-bond acceptors (Lipinski definition) is 3. The zero-order valence-corrected chi connectivity index (χ0v) is 10.2. The molecule has 0 fully saturated rings. The van der Waals surface area contributed by atoms with Crippen LogP contribution in [-0.4, -0.2) is 17.1 Å². The molecule has 0 saturated heterocycles. The summed E-state index contributed by atoms with van der Waals surface area (Å²) in [5, 5.41) is 1.25. The minimum atomic E-state index is 0.266. The Morgan fingerprint density at radius 1 is 1.31 bits per heavy atom. The summed E-state index contributed by atoms with van der Waals surface area (Å²) in [7, 11) is 1.66. The van der Waals surface area contributed by atoms with Crippen LogP contribution in [0.15, 0.2) is 18.3 Å². The molecule has 0 bridgehead atoms. The Kier molecular flexibility index (Phi) is 2.97. The Morgan fingerprint density at radius 3 is 2.69 bits per heavy atom. The van der Waals surface area contributed by atoms with Crippen LogP contribution in [0.2, 0.25) is 5.28 Å². The predicted octanol–water partition coefficient (Wildman–Crippen LogP) is 3.42. The van der Waals surface area contributed by atoms with E-state index in [1.807, 2.05) is 12.1 Å². The molecule has 16 heavy (non-hydrogen) atoms. The van der Waals surface area contributed by atoms with E-state index in [-0.39, 0.29) is 5.28 Å². The molecule has 0 amide bonds. The van der Waals surface area contributed by atoms with Gasteiger partial charge < -0.3 is 4.74 Å². The molecule has 2 aromatic rings. The van der Waals surface area contributed by atoms with Gasteiger partial charge in [0.1, 0.15) is 5.75 Å². The summed E-state index contributed by atoms with van der Waals surface area (Å²) in [5.41, 5.74) is 1.94. The van der Waals surface area contributed by atoms with Gasteiger partial charge in [-0.3, -0.25) is 0 Å². The van der Waals surface area contributed by atoms with Crippen molar-refractivity contribution in [2.75, 3.05) is 7.11 Å². The lowest BCUT2D eigenvalue weighted by Gasteiger charge is -2.13. The number of ether oxygens (including phenoxy) is 1. The number of halogens is 1. The molecular weight excluding hydrogens is 224 g/mol. The summed E-state index contributed by atoms with van der Waals surface area (Å²) in [6.07, 6.45) is 1.73. The van der Waals surface area contributed by atoms with Gasteiger partial charge in [-0.15, -0.1) is 0 Å². The first kappa shape index (κ1) is 11.1. The lowest BCUT2D eigenvalue weighted by atomic mass is 9.99. The van der Waals surface area contributed by atoms with E-state index in [0.717, 1.165) is 22.2 Å². The summed E-state index contributed by atoms with van der Waals surface area (Å²) in [4.78, 5) is 8.26. The fourth-order valence-corrected chi connectivity index (χ4v) is 1.95. The number of benzene rings is 1. The Bertz CT molecular complexity index is 526. The lowest BCUT2D eigenvalue weighted by molar-refractivity contribution is 0.408. The van der Waals surface area contributed by atoms with Crippen molar-refractivity contribution in [3.8, 4) is 5.75 Å². The minimum absolute atomic E-state index is 0.266. The van der Waals surface area contributed by atoms with Gasteiger partial charge in [-0.1, -0.05) is 13.8 Å².